The van der Waals surface area contributed by atoms with Gasteiger partial charge in [0.2, 0.25) is 0 Å². The fourth-order valence-electron chi connectivity index (χ4n) is 2.52. The molecule has 0 fully saturated rings. The Hall–Kier alpha value is -2.44. The molecule has 0 aliphatic heterocycles. The van der Waals surface area contributed by atoms with Gasteiger partial charge in [0.15, 0.2) is 17.4 Å². The van der Waals surface area contributed by atoms with Crippen molar-refractivity contribution in [3.05, 3.63) is 75.0 Å². The lowest BCUT2D eigenvalue weighted by Crippen LogP contribution is -2.06. The van der Waals surface area contributed by atoms with E-state index in [-0.39, 0.29) is 39.1 Å². The molecule has 0 saturated heterocycles. The largest absolute Gasteiger partial charge is 0.358 e. The monoisotopic (exact) mass is 393 g/mol. The number of hydrogen-bond donors (Lipinski definition) is 1. The van der Waals surface area contributed by atoms with Crippen LogP contribution in [0.4, 0.5) is 4.39 Å². The first-order valence-electron chi connectivity index (χ1n) is 7.81. The summed E-state index contributed by atoms with van der Waals surface area (Å²) < 4.78 is 15.9. The van der Waals surface area contributed by atoms with E-state index in [1.807, 2.05) is 6.92 Å². The van der Waals surface area contributed by atoms with Crippen LogP contribution in [0.3, 0.4) is 0 Å². The second kappa shape index (κ2) is 7.43. The van der Waals surface area contributed by atoms with Crippen LogP contribution in [0.2, 0.25) is 10.0 Å². The highest BCUT2D eigenvalue weighted by atomic mass is 35.5. The van der Waals surface area contributed by atoms with Gasteiger partial charge in [-0.1, -0.05) is 23.2 Å². The van der Waals surface area contributed by atoms with E-state index in [1.54, 1.807) is 17.1 Å². The SMILES string of the molecule is CCn1cc(CC(=O)c2cc(C(=O)c3c(Cl)ccc(Cl)c3F)c[nH]2)cn1. The van der Waals surface area contributed by atoms with Gasteiger partial charge in [-0.25, -0.2) is 4.39 Å². The third kappa shape index (κ3) is 3.57. The van der Waals surface area contributed by atoms with Crippen molar-refractivity contribution >= 4 is 34.8 Å². The highest BCUT2D eigenvalue weighted by molar-refractivity contribution is 6.37. The van der Waals surface area contributed by atoms with Crippen molar-refractivity contribution in [2.24, 2.45) is 0 Å². The maximum atomic E-state index is 14.2. The molecule has 3 rings (SSSR count). The Kier molecular flexibility index (Phi) is 5.25. The average Bonchev–Trinajstić information content (AvgIpc) is 3.27. The third-order valence-electron chi connectivity index (χ3n) is 3.89. The zero-order valence-corrected chi connectivity index (χ0v) is 15.2. The van der Waals surface area contributed by atoms with Crippen LogP contribution in [0.5, 0.6) is 0 Å². The van der Waals surface area contributed by atoms with Crippen molar-refractivity contribution in [2.45, 2.75) is 19.9 Å². The third-order valence-corrected chi connectivity index (χ3v) is 4.50. The maximum Gasteiger partial charge on any atom is 0.199 e. The number of H-pyrrole nitrogens is 1. The second-order valence-electron chi connectivity index (χ2n) is 5.65. The molecule has 0 amide bonds. The number of Topliss-reactive ketones (excluding diaryl/α,β-unsaturated/α-hetero) is 1. The van der Waals surface area contributed by atoms with Crippen molar-refractivity contribution in [1.82, 2.24) is 14.8 Å². The molecule has 3 aromatic rings. The molecule has 0 saturated carbocycles. The highest BCUT2D eigenvalue weighted by Crippen LogP contribution is 2.28. The number of carbonyl (C=O) groups excluding carboxylic acids is 2. The average molecular weight is 394 g/mol. The van der Waals surface area contributed by atoms with Crippen molar-refractivity contribution < 1.29 is 14.0 Å². The summed E-state index contributed by atoms with van der Waals surface area (Å²) in [6.45, 7) is 2.66. The van der Waals surface area contributed by atoms with Gasteiger partial charge in [0, 0.05) is 30.9 Å². The molecule has 1 N–H and O–H groups in total. The highest BCUT2D eigenvalue weighted by Gasteiger charge is 2.22. The summed E-state index contributed by atoms with van der Waals surface area (Å²) in [6, 6.07) is 4.01. The van der Waals surface area contributed by atoms with E-state index < -0.39 is 11.6 Å². The molecule has 0 radical (unpaired) electrons. The van der Waals surface area contributed by atoms with Gasteiger partial charge in [-0.05, 0) is 30.7 Å². The van der Waals surface area contributed by atoms with Gasteiger partial charge in [0.1, 0.15) is 0 Å². The van der Waals surface area contributed by atoms with Crippen LogP contribution in [-0.4, -0.2) is 26.3 Å². The number of aromatic nitrogens is 3. The van der Waals surface area contributed by atoms with E-state index >= 15 is 0 Å². The number of halogens is 3. The van der Waals surface area contributed by atoms with Crippen molar-refractivity contribution in [3.8, 4) is 0 Å². The first-order chi connectivity index (χ1) is 12.4. The lowest BCUT2D eigenvalue weighted by molar-refractivity contribution is 0.0988. The molecule has 0 aliphatic carbocycles. The van der Waals surface area contributed by atoms with E-state index in [1.165, 1.54) is 24.4 Å². The minimum Gasteiger partial charge on any atom is -0.358 e. The van der Waals surface area contributed by atoms with Crippen LogP contribution >= 0.6 is 23.2 Å². The van der Waals surface area contributed by atoms with Crippen molar-refractivity contribution in [2.75, 3.05) is 0 Å². The number of aryl methyl sites for hydroxylation is 1. The molecule has 5 nitrogen and oxygen atoms in total. The predicted octanol–water partition coefficient (Wildman–Crippen LogP) is 4.33. The van der Waals surface area contributed by atoms with Gasteiger partial charge in [0.25, 0.3) is 0 Å². The lowest BCUT2D eigenvalue weighted by Gasteiger charge is -2.05. The van der Waals surface area contributed by atoms with Gasteiger partial charge in [-0.15, -0.1) is 0 Å². The Balaban J connectivity index is 1.82. The van der Waals surface area contributed by atoms with Crippen LogP contribution in [0.15, 0.2) is 36.8 Å². The molecular weight excluding hydrogens is 380 g/mol. The maximum absolute atomic E-state index is 14.2. The lowest BCUT2D eigenvalue weighted by atomic mass is 10.0. The Bertz CT molecular complexity index is 994. The van der Waals surface area contributed by atoms with Gasteiger partial charge >= 0.3 is 0 Å². The molecule has 0 unspecified atom stereocenters. The van der Waals surface area contributed by atoms with E-state index in [4.69, 9.17) is 23.2 Å². The first kappa shape index (κ1) is 18.4. The zero-order valence-electron chi connectivity index (χ0n) is 13.7. The van der Waals surface area contributed by atoms with Crippen molar-refractivity contribution in [1.29, 1.82) is 0 Å². The summed E-state index contributed by atoms with van der Waals surface area (Å²) in [5.41, 5.74) is 0.821. The number of benzene rings is 1. The van der Waals surface area contributed by atoms with Crippen LogP contribution in [0, 0.1) is 5.82 Å². The zero-order chi connectivity index (χ0) is 18.8. The first-order valence-corrected chi connectivity index (χ1v) is 8.57. The number of nitrogens with zero attached hydrogens (tertiary/aromatic N) is 2. The minimum atomic E-state index is -0.884. The van der Waals surface area contributed by atoms with Crippen LogP contribution in [0.1, 0.15) is 38.9 Å². The second-order valence-corrected chi connectivity index (χ2v) is 6.47. The molecule has 0 atom stereocenters. The molecule has 134 valence electrons. The van der Waals surface area contributed by atoms with Crippen LogP contribution in [0.25, 0.3) is 0 Å². The summed E-state index contributed by atoms with van der Waals surface area (Å²) >= 11 is 11.7. The Labute approximate surface area is 158 Å². The molecule has 8 heteroatoms. The Morgan fingerprint density at radius 3 is 2.69 bits per heavy atom. The number of hydrogen-bond acceptors (Lipinski definition) is 3. The molecule has 0 spiro atoms. The minimum absolute atomic E-state index is 0.0436. The smallest absolute Gasteiger partial charge is 0.199 e. The number of rotatable bonds is 6. The van der Waals surface area contributed by atoms with Gasteiger partial charge in [-0.3, -0.25) is 14.3 Å². The summed E-state index contributed by atoms with van der Waals surface area (Å²) in [5.74, 6) is -1.74. The topological polar surface area (TPSA) is 67.8 Å². The molecule has 0 aliphatic rings. The Morgan fingerprint density at radius 2 is 2.00 bits per heavy atom. The number of nitrogens with one attached hydrogen (secondary N) is 1. The summed E-state index contributed by atoms with van der Waals surface area (Å²) in [6.07, 6.45) is 4.90. The summed E-state index contributed by atoms with van der Waals surface area (Å²) in [4.78, 5) is 27.7. The van der Waals surface area contributed by atoms with Crippen molar-refractivity contribution in [3.63, 3.8) is 0 Å². The molecule has 2 aromatic heterocycles. The van der Waals surface area contributed by atoms with Crippen LogP contribution < -0.4 is 0 Å². The number of carbonyl (C=O) groups is 2. The molecular formula is C18H14Cl2FN3O2. The van der Waals surface area contributed by atoms with E-state index in [9.17, 15) is 14.0 Å². The van der Waals surface area contributed by atoms with E-state index in [2.05, 4.69) is 10.1 Å². The Morgan fingerprint density at radius 1 is 1.27 bits per heavy atom. The normalized spacial score (nSPS) is 10.9. The summed E-state index contributed by atoms with van der Waals surface area (Å²) in [7, 11) is 0. The summed E-state index contributed by atoms with van der Waals surface area (Å²) in [5, 5.41) is 3.87. The number of aromatic amines is 1. The standard InChI is InChI=1S/C18H14Cl2FN3O2/c1-2-24-9-10(7-23-24)5-15(25)14-6-11(8-22-14)18(26)16-12(19)3-4-13(20)17(16)21/h3-4,6-9,22H,2,5H2,1H3. The molecule has 2 heterocycles. The molecule has 0 bridgehead atoms. The quantitative estimate of drug-likeness (QED) is 0.500. The molecule has 26 heavy (non-hydrogen) atoms. The van der Waals surface area contributed by atoms with Gasteiger partial charge in [0.05, 0.1) is 27.5 Å². The van der Waals surface area contributed by atoms with E-state index in [0.29, 0.717) is 6.54 Å². The fourth-order valence-corrected chi connectivity index (χ4v) is 2.91. The van der Waals surface area contributed by atoms with Crippen LogP contribution in [-0.2, 0) is 13.0 Å². The predicted molar refractivity (Wildman–Crippen MR) is 96.6 cm³/mol. The fraction of sp³-hybridized carbons (Fsp3) is 0.167. The molecule has 1 aromatic carbocycles. The van der Waals surface area contributed by atoms with Gasteiger partial charge in [-0.2, -0.15) is 5.10 Å². The van der Waals surface area contributed by atoms with Gasteiger partial charge < -0.3 is 4.98 Å². The van der Waals surface area contributed by atoms with E-state index in [0.717, 1.165) is 5.56 Å². The number of ketones is 2.